The molecule has 0 radical (unpaired) electrons. The molecule has 0 saturated heterocycles. The van der Waals surface area contributed by atoms with Crippen LogP contribution in [-0.2, 0) is 16.1 Å². The van der Waals surface area contributed by atoms with Crippen molar-refractivity contribution >= 4 is 23.5 Å². The van der Waals surface area contributed by atoms with Gasteiger partial charge in [-0.05, 0) is 17.9 Å². The molecule has 80 valence electrons. The summed E-state index contributed by atoms with van der Waals surface area (Å²) in [5, 5.41) is 2.57. The van der Waals surface area contributed by atoms with Crippen LogP contribution in [-0.4, -0.2) is 17.9 Å². The SMILES string of the molecule is CSc1ccccc1CNC(=O)C(C)=O. The fourth-order valence-electron chi connectivity index (χ4n) is 1.15. The molecule has 0 aromatic heterocycles. The monoisotopic (exact) mass is 223 g/mol. The van der Waals surface area contributed by atoms with Gasteiger partial charge in [-0.3, -0.25) is 9.59 Å². The molecule has 3 nitrogen and oxygen atoms in total. The van der Waals surface area contributed by atoms with Gasteiger partial charge in [0.25, 0.3) is 5.91 Å². The van der Waals surface area contributed by atoms with E-state index in [0.717, 1.165) is 10.5 Å². The molecule has 0 unspecified atom stereocenters. The van der Waals surface area contributed by atoms with E-state index in [0.29, 0.717) is 6.54 Å². The number of benzene rings is 1. The smallest absolute Gasteiger partial charge is 0.287 e. The van der Waals surface area contributed by atoms with Crippen LogP contribution in [0.4, 0.5) is 0 Å². The molecule has 0 aliphatic rings. The predicted molar refractivity (Wildman–Crippen MR) is 60.8 cm³/mol. The minimum atomic E-state index is -0.536. The Morgan fingerprint density at radius 3 is 2.60 bits per heavy atom. The van der Waals surface area contributed by atoms with Crippen molar-refractivity contribution in [2.45, 2.75) is 18.4 Å². The molecular weight excluding hydrogens is 210 g/mol. The lowest BCUT2D eigenvalue weighted by Gasteiger charge is -2.07. The van der Waals surface area contributed by atoms with E-state index in [9.17, 15) is 9.59 Å². The number of hydrogen-bond donors (Lipinski definition) is 1. The second-order valence-electron chi connectivity index (χ2n) is 3.05. The summed E-state index contributed by atoms with van der Waals surface area (Å²) in [4.78, 5) is 22.9. The van der Waals surface area contributed by atoms with Gasteiger partial charge in [-0.2, -0.15) is 0 Å². The molecule has 1 aromatic rings. The number of amides is 1. The van der Waals surface area contributed by atoms with Gasteiger partial charge >= 0.3 is 0 Å². The highest BCUT2D eigenvalue weighted by Crippen LogP contribution is 2.19. The highest BCUT2D eigenvalue weighted by molar-refractivity contribution is 7.98. The van der Waals surface area contributed by atoms with Crippen LogP contribution in [0.5, 0.6) is 0 Å². The Kier molecular flexibility index (Phi) is 4.37. The fraction of sp³-hybridized carbons (Fsp3) is 0.273. The first-order valence-corrected chi connectivity index (χ1v) is 5.78. The summed E-state index contributed by atoms with van der Waals surface area (Å²) in [6.07, 6.45) is 1.98. The Balaban J connectivity index is 2.65. The van der Waals surface area contributed by atoms with E-state index in [2.05, 4.69) is 5.32 Å². The normalized spacial score (nSPS) is 9.73. The van der Waals surface area contributed by atoms with Gasteiger partial charge in [0.15, 0.2) is 0 Å². The van der Waals surface area contributed by atoms with Crippen molar-refractivity contribution in [3.8, 4) is 0 Å². The van der Waals surface area contributed by atoms with E-state index >= 15 is 0 Å². The molecule has 0 heterocycles. The van der Waals surface area contributed by atoms with Crippen molar-refractivity contribution in [1.82, 2.24) is 5.32 Å². The summed E-state index contributed by atoms with van der Waals surface area (Å²) in [6.45, 7) is 1.66. The summed E-state index contributed by atoms with van der Waals surface area (Å²) in [7, 11) is 0. The average Bonchev–Trinajstić information content (AvgIpc) is 2.26. The predicted octanol–water partition coefficient (Wildman–Crippen LogP) is 1.61. The Bertz CT molecular complexity index is 377. The first-order chi connectivity index (χ1) is 7.15. The Labute approximate surface area is 93.3 Å². The minimum Gasteiger partial charge on any atom is -0.345 e. The van der Waals surface area contributed by atoms with Gasteiger partial charge in [-0.15, -0.1) is 11.8 Å². The van der Waals surface area contributed by atoms with Crippen molar-refractivity contribution in [1.29, 1.82) is 0 Å². The number of carbonyl (C=O) groups is 2. The largest absolute Gasteiger partial charge is 0.345 e. The molecule has 0 spiro atoms. The number of nitrogens with one attached hydrogen (secondary N) is 1. The highest BCUT2D eigenvalue weighted by atomic mass is 32.2. The van der Waals surface area contributed by atoms with E-state index < -0.39 is 11.7 Å². The third kappa shape index (κ3) is 3.40. The summed E-state index contributed by atoms with van der Waals surface area (Å²) in [5.41, 5.74) is 1.03. The molecule has 0 aliphatic heterocycles. The van der Waals surface area contributed by atoms with Crippen molar-refractivity contribution in [3.05, 3.63) is 29.8 Å². The molecular formula is C11H13NO2S. The standard InChI is InChI=1S/C11H13NO2S/c1-8(13)11(14)12-7-9-5-3-4-6-10(9)15-2/h3-6H,7H2,1-2H3,(H,12,14). The van der Waals surface area contributed by atoms with Crippen LogP contribution in [0.1, 0.15) is 12.5 Å². The minimum absolute atomic E-state index is 0.398. The lowest BCUT2D eigenvalue weighted by atomic mass is 10.2. The lowest BCUT2D eigenvalue weighted by Crippen LogP contribution is -2.28. The second kappa shape index (κ2) is 5.56. The summed E-state index contributed by atoms with van der Waals surface area (Å²) < 4.78 is 0. The van der Waals surface area contributed by atoms with Crippen LogP contribution >= 0.6 is 11.8 Å². The maximum Gasteiger partial charge on any atom is 0.287 e. The molecule has 0 bridgehead atoms. The highest BCUT2D eigenvalue weighted by Gasteiger charge is 2.07. The number of Topliss-reactive ketones (excluding diaryl/α,β-unsaturated/α-hetero) is 1. The molecule has 1 N–H and O–H groups in total. The molecule has 1 amide bonds. The molecule has 0 saturated carbocycles. The molecule has 4 heteroatoms. The molecule has 1 aromatic carbocycles. The van der Waals surface area contributed by atoms with Crippen LogP contribution in [0.3, 0.4) is 0 Å². The number of thioether (sulfide) groups is 1. The zero-order valence-corrected chi connectivity index (χ0v) is 9.56. The fourth-order valence-corrected chi connectivity index (χ4v) is 1.77. The topological polar surface area (TPSA) is 46.2 Å². The van der Waals surface area contributed by atoms with Crippen LogP contribution in [0.15, 0.2) is 29.2 Å². The zero-order chi connectivity index (χ0) is 11.3. The zero-order valence-electron chi connectivity index (χ0n) is 8.74. The third-order valence-corrected chi connectivity index (χ3v) is 2.79. The van der Waals surface area contributed by atoms with Gasteiger partial charge < -0.3 is 5.32 Å². The second-order valence-corrected chi connectivity index (χ2v) is 3.90. The van der Waals surface area contributed by atoms with Gasteiger partial charge in [0, 0.05) is 18.4 Å². The molecule has 15 heavy (non-hydrogen) atoms. The van der Waals surface area contributed by atoms with Crippen molar-refractivity contribution in [2.24, 2.45) is 0 Å². The number of hydrogen-bond acceptors (Lipinski definition) is 3. The van der Waals surface area contributed by atoms with E-state index in [4.69, 9.17) is 0 Å². The maximum absolute atomic E-state index is 11.0. The van der Waals surface area contributed by atoms with Crippen LogP contribution < -0.4 is 5.32 Å². The van der Waals surface area contributed by atoms with E-state index in [1.165, 1.54) is 6.92 Å². The van der Waals surface area contributed by atoms with E-state index in [1.54, 1.807) is 11.8 Å². The van der Waals surface area contributed by atoms with Gasteiger partial charge in [-0.1, -0.05) is 18.2 Å². The molecule has 0 aliphatic carbocycles. The van der Waals surface area contributed by atoms with Crippen LogP contribution in [0, 0.1) is 0 Å². The number of rotatable bonds is 4. The Morgan fingerprint density at radius 1 is 1.33 bits per heavy atom. The van der Waals surface area contributed by atoms with Gasteiger partial charge in [0.1, 0.15) is 0 Å². The average molecular weight is 223 g/mol. The van der Waals surface area contributed by atoms with E-state index in [1.807, 2.05) is 30.5 Å². The van der Waals surface area contributed by atoms with Gasteiger partial charge in [0.05, 0.1) is 0 Å². The first-order valence-electron chi connectivity index (χ1n) is 4.56. The summed E-state index contributed by atoms with van der Waals surface area (Å²) in [6, 6.07) is 7.78. The quantitative estimate of drug-likeness (QED) is 0.623. The number of ketones is 1. The Morgan fingerprint density at radius 2 is 2.00 bits per heavy atom. The summed E-state index contributed by atoms with van der Waals surface area (Å²) >= 11 is 1.62. The van der Waals surface area contributed by atoms with Crippen molar-refractivity contribution in [3.63, 3.8) is 0 Å². The lowest BCUT2D eigenvalue weighted by molar-refractivity contribution is -0.136. The first kappa shape index (κ1) is 11.8. The molecule has 0 atom stereocenters. The number of carbonyl (C=O) groups excluding carboxylic acids is 2. The third-order valence-electron chi connectivity index (χ3n) is 1.95. The molecule has 0 fully saturated rings. The Hall–Kier alpha value is -1.29. The maximum atomic E-state index is 11.0. The van der Waals surface area contributed by atoms with Crippen molar-refractivity contribution in [2.75, 3.05) is 6.26 Å². The van der Waals surface area contributed by atoms with Crippen LogP contribution in [0.25, 0.3) is 0 Å². The molecule has 1 rings (SSSR count). The van der Waals surface area contributed by atoms with Crippen LogP contribution in [0.2, 0.25) is 0 Å². The van der Waals surface area contributed by atoms with E-state index in [-0.39, 0.29) is 0 Å². The van der Waals surface area contributed by atoms with Crippen molar-refractivity contribution < 1.29 is 9.59 Å². The summed E-state index contributed by atoms with van der Waals surface area (Å²) in [5.74, 6) is -0.998. The van der Waals surface area contributed by atoms with Gasteiger partial charge in [-0.25, -0.2) is 0 Å². The van der Waals surface area contributed by atoms with Gasteiger partial charge in [0.2, 0.25) is 5.78 Å².